The first kappa shape index (κ1) is 31.7. The number of rotatable bonds is 10. The molecule has 234 valence electrons. The summed E-state index contributed by atoms with van der Waals surface area (Å²) in [6, 6.07) is 17.4. The van der Waals surface area contributed by atoms with E-state index in [0.717, 1.165) is 66.2 Å². The Morgan fingerprint density at radius 3 is 2.45 bits per heavy atom. The Bertz CT molecular complexity index is 1550. The normalized spacial score (nSPS) is 14.6. The van der Waals surface area contributed by atoms with Crippen LogP contribution in [0.3, 0.4) is 0 Å². The van der Waals surface area contributed by atoms with E-state index in [2.05, 4.69) is 51.4 Å². The summed E-state index contributed by atoms with van der Waals surface area (Å²) < 4.78 is 13.7. The topological polar surface area (TPSA) is 85.6 Å². The number of hydrogen-bond acceptors (Lipinski definition) is 7. The van der Waals surface area contributed by atoms with Crippen molar-refractivity contribution in [2.45, 2.75) is 78.0 Å². The van der Waals surface area contributed by atoms with Crippen LogP contribution in [0, 0.1) is 0 Å². The molecular formula is C34H46N6O3Si. The van der Waals surface area contributed by atoms with Gasteiger partial charge in [-0.2, -0.15) is 5.10 Å². The van der Waals surface area contributed by atoms with Crippen LogP contribution in [0.5, 0.6) is 11.6 Å². The third-order valence-corrected chi connectivity index (χ3v) is 9.50. The molecule has 1 fully saturated rings. The molecule has 0 aliphatic carbocycles. The summed E-state index contributed by atoms with van der Waals surface area (Å²) in [4.78, 5) is 25.9. The van der Waals surface area contributed by atoms with Gasteiger partial charge in [0.05, 0.1) is 16.9 Å². The molecule has 9 nitrogen and oxygen atoms in total. The van der Waals surface area contributed by atoms with Crippen LogP contribution in [-0.2, 0) is 17.8 Å². The van der Waals surface area contributed by atoms with Crippen LogP contribution < -0.4 is 4.74 Å². The average molecular weight is 615 g/mol. The van der Waals surface area contributed by atoms with Crippen molar-refractivity contribution >= 4 is 25.1 Å². The fraction of sp³-hybridized carbons (Fsp3) is 0.471. The number of carbonyl (C=O) groups excluding carboxylic acids is 1. The first-order valence-electron chi connectivity index (χ1n) is 15.7. The SMILES string of the molecule is CC(C)(C)OC(=O)N1CCN(Cc2ccc3cc(Oc4ccc(-c5ccnn5CCCC[Si](C)(C)C)cn4)ccc3n2)CC1. The highest BCUT2D eigenvalue weighted by Gasteiger charge is 2.26. The van der Waals surface area contributed by atoms with Gasteiger partial charge in [-0.1, -0.05) is 38.2 Å². The number of amides is 1. The lowest BCUT2D eigenvalue weighted by molar-refractivity contribution is 0.0138. The van der Waals surface area contributed by atoms with E-state index in [4.69, 9.17) is 14.5 Å². The molecule has 0 N–H and O–H groups in total. The van der Waals surface area contributed by atoms with Gasteiger partial charge >= 0.3 is 6.09 Å². The number of aryl methyl sites for hydroxylation is 1. The average Bonchev–Trinajstić information content (AvgIpc) is 3.43. The number of unbranched alkanes of at least 4 members (excludes halogenated alkanes) is 1. The second kappa shape index (κ2) is 13.5. The monoisotopic (exact) mass is 614 g/mol. The van der Waals surface area contributed by atoms with Crippen molar-refractivity contribution in [2.24, 2.45) is 0 Å². The summed E-state index contributed by atoms with van der Waals surface area (Å²) in [5.74, 6) is 1.27. The first-order chi connectivity index (χ1) is 20.9. The van der Waals surface area contributed by atoms with Gasteiger partial charge in [0.25, 0.3) is 0 Å². The van der Waals surface area contributed by atoms with E-state index in [1.807, 2.05) is 69.6 Å². The van der Waals surface area contributed by atoms with Crippen molar-refractivity contribution in [3.63, 3.8) is 0 Å². The van der Waals surface area contributed by atoms with E-state index in [-0.39, 0.29) is 6.09 Å². The molecule has 0 spiro atoms. The number of aromatic nitrogens is 4. The van der Waals surface area contributed by atoms with Gasteiger partial charge in [0.15, 0.2) is 0 Å². The Morgan fingerprint density at radius 1 is 0.955 bits per heavy atom. The van der Waals surface area contributed by atoms with E-state index < -0.39 is 13.7 Å². The van der Waals surface area contributed by atoms with E-state index in [9.17, 15) is 4.79 Å². The molecule has 0 unspecified atom stereocenters. The molecule has 0 saturated carbocycles. The van der Waals surface area contributed by atoms with Crippen molar-refractivity contribution in [1.82, 2.24) is 29.5 Å². The summed E-state index contributed by atoms with van der Waals surface area (Å²) in [5, 5.41) is 5.56. The van der Waals surface area contributed by atoms with Gasteiger partial charge in [-0.3, -0.25) is 14.6 Å². The molecule has 1 aliphatic heterocycles. The summed E-state index contributed by atoms with van der Waals surface area (Å²) in [5.41, 5.74) is 3.55. The lowest BCUT2D eigenvalue weighted by Crippen LogP contribution is -2.49. The predicted octanol–water partition coefficient (Wildman–Crippen LogP) is 7.46. The Morgan fingerprint density at radius 2 is 1.75 bits per heavy atom. The lowest BCUT2D eigenvalue weighted by atomic mass is 10.2. The maximum atomic E-state index is 12.4. The van der Waals surface area contributed by atoms with E-state index in [1.165, 1.54) is 12.5 Å². The molecule has 1 aromatic carbocycles. The van der Waals surface area contributed by atoms with Crippen LogP contribution in [0.1, 0.15) is 39.3 Å². The van der Waals surface area contributed by atoms with E-state index >= 15 is 0 Å². The number of hydrogen-bond donors (Lipinski definition) is 0. The molecule has 1 saturated heterocycles. The van der Waals surface area contributed by atoms with E-state index in [0.29, 0.717) is 19.0 Å². The second-order valence-corrected chi connectivity index (χ2v) is 19.5. The summed E-state index contributed by atoms with van der Waals surface area (Å²) in [7, 11) is -1.00. The molecule has 1 amide bonds. The zero-order valence-corrected chi connectivity index (χ0v) is 28.0. The molecule has 0 radical (unpaired) electrons. The zero-order valence-electron chi connectivity index (χ0n) is 27.0. The van der Waals surface area contributed by atoms with Crippen LogP contribution in [-0.4, -0.2) is 75.5 Å². The molecule has 44 heavy (non-hydrogen) atoms. The second-order valence-electron chi connectivity index (χ2n) is 13.8. The van der Waals surface area contributed by atoms with Crippen molar-refractivity contribution in [3.05, 3.63) is 66.6 Å². The Kier molecular flexibility index (Phi) is 9.70. The molecule has 1 aliphatic rings. The van der Waals surface area contributed by atoms with Crippen LogP contribution in [0.15, 0.2) is 60.9 Å². The molecule has 5 rings (SSSR count). The first-order valence-corrected chi connectivity index (χ1v) is 19.4. The number of nitrogens with zero attached hydrogens (tertiary/aromatic N) is 6. The van der Waals surface area contributed by atoms with Gasteiger partial charge < -0.3 is 14.4 Å². The number of piperazine rings is 1. The van der Waals surface area contributed by atoms with Crippen LogP contribution in [0.4, 0.5) is 4.79 Å². The molecule has 4 aromatic rings. The highest BCUT2D eigenvalue weighted by atomic mass is 28.3. The third-order valence-electron chi connectivity index (χ3n) is 7.65. The minimum atomic E-state index is -1.00. The van der Waals surface area contributed by atoms with Gasteiger partial charge in [-0.25, -0.2) is 9.78 Å². The van der Waals surface area contributed by atoms with Crippen LogP contribution in [0.2, 0.25) is 25.7 Å². The Balaban J connectivity index is 1.14. The predicted molar refractivity (Wildman–Crippen MR) is 178 cm³/mol. The maximum absolute atomic E-state index is 12.4. The van der Waals surface area contributed by atoms with Crippen molar-refractivity contribution in [3.8, 4) is 22.9 Å². The quantitative estimate of drug-likeness (QED) is 0.135. The summed E-state index contributed by atoms with van der Waals surface area (Å²) in [6.07, 6.45) is 5.86. The molecule has 0 bridgehead atoms. The van der Waals surface area contributed by atoms with Crippen LogP contribution in [0.25, 0.3) is 22.2 Å². The fourth-order valence-corrected chi connectivity index (χ4v) is 6.64. The number of ether oxygens (including phenoxy) is 2. The Labute approximate surface area is 262 Å². The standard InChI is InChI=1S/C34H46N6O3Si/c1-34(2,3)43-33(41)39-20-18-38(19-21-39)25-28-11-9-26-23-29(12-13-30(26)37-28)42-32-14-10-27(24-35-32)31-15-16-36-40(31)17-7-8-22-44(4,5)6/h9-16,23-24H,7-8,17-22,25H2,1-6H3. The fourth-order valence-electron chi connectivity index (χ4n) is 5.33. The molecule has 0 atom stereocenters. The maximum Gasteiger partial charge on any atom is 0.410 e. The van der Waals surface area contributed by atoms with Gasteiger partial charge in [0.2, 0.25) is 5.88 Å². The van der Waals surface area contributed by atoms with Crippen molar-refractivity contribution < 1.29 is 14.3 Å². The lowest BCUT2D eigenvalue weighted by Gasteiger charge is -2.35. The number of pyridine rings is 2. The minimum absolute atomic E-state index is 0.240. The summed E-state index contributed by atoms with van der Waals surface area (Å²) >= 11 is 0. The number of carbonyl (C=O) groups is 1. The molecule has 10 heteroatoms. The summed E-state index contributed by atoms with van der Waals surface area (Å²) in [6.45, 7) is 17.5. The van der Waals surface area contributed by atoms with Crippen molar-refractivity contribution in [2.75, 3.05) is 26.2 Å². The smallest absolute Gasteiger partial charge is 0.410 e. The van der Waals surface area contributed by atoms with Gasteiger partial charge in [0.1, 0.15) is 11.4 Å². The van der Waals surface area contributed by atoms with Gasteiger partial charge in [0, 0.05) is 76.8 Å². The van der Waals surface area contributed by atoms with E-state index in [1.54, 1.807) is 4.90 Å². The third kappa shape index (κ3) is 8.89. The highest BCUT2D eigenvalue weighted by molar-refractivity contribution is 6.76. The van der Waals surface area contributed by atoms with Gasteiger partial charge in [-0.15, -0.1) is 0 Å². The number of benzene rings is 1. The number of fused-ring (bicyclic) bond motifs is 1. The molecule has 4 heterocycles. The highest BCUT2D eigenvalue weighted by Crippen LogP contribution is 2.27. The van der Waals surface area contributed by atoms with Crippen molar-refractivity contribution in [1.29, 1.82) is 0 Å². The Hall–Kier alpha value is -3.76. The molecular weight excluding hydrogens is 568 g/mol. The minimum Gasteiger partial charge on any atom is -0.444 e. The van der Waals surface area contributed by atoms with Crippen LogP contribution >= 0.6 is 0 Å². The zero-order chi connectivity index (χ0) is 31.3. The largest absolute Gasteiger partial charge is 0.444 e. The van der Waals surface area contributed by atoms with Gasteiger partial charge in [-0.05, 0) is 63.6 Å². The molecule has 3 aromatic heterocycles.